The molecule has 12 nitrogen and oxygen atoms in total. The molecule has 2 atom stereocenters. The van der Waals surface area contributed by atoms with Crippen molar-refractivity contribution in [2.75, 3.05) is 13.7 Å². The van der Waals surface area contributed by atoms with Gasteiger partial charge in [0.1, 0.15) is 11.4 Å². The first-order chi connectivity index (χ1) is 18.8. The molecule has 1 fully saturated rings. The molecule has 4 rings (SSSR count). The van der Waals surface area contributed by atoms with Gasteiger partial charge in [0, 0.05) is 30.8 Å². The molecule has 0 bridgehead atoms. The predicted octanol–water partition coefficient (Wildman–Crippen LogP) is 2.22. The van der Waals surface area contributed by atoms with Gasteiger partial charge in [-0.2, -0.15) is 4.80 Å². The smallest absolute Gasteiger partial charge is 0.303 e. The number of hydrogen-bond acceptors (Lipinski definition) is 9. The number of benzene rings is 1. The van der Waals surface area contributed by atoms with E-state index in [1.54, 1.807) is 18.0 Å². The van der Waals surface area contributed by atoms with Gasteiger partial charge in [-0.25, -0.2) is 4.98 Å². The Labute approximate surface area is 226 Å². The van der Waals surface area contributed by atoms with Crippen LogP contribution in [0.15, 0.2) is 36.4 Å². The van der Waals surface area contributed by atoms with Crippen LogP contribution in [0.3, 0.4) is 0 Å². The van der Waals surface area contributed by atoms with E-state index in [2.05, 4.69) is 31.0 Å². The Morgan fingerprint density at radius 1 is 1.15 bits per heavy atom. The molecule has 1 aliphatic rings. The van der Waals surface area contributed by atoms with Crippen LogP contribution in [-0.4, -0.2) is 62.7 Å². The van der Waals surface area contributed by atoms with E-state index >= 15 is 0 Å². The highest BCUT2D eigenvalue weighted by atomic mass is 16.5. The van der Waals surface area contributed by atoms with Crippen LogP contribution in [0.5, 0.6) is 5.75 Å². The summed E-state index contributed by atoms with van der Waals surface area (Å²) in [6.07, 6.45) is 3.59. The van der Waals surface area contributed by atoms with Gasteiger partial charge in [-0.05, 0) is 67.1 Å². The zero-order chi connectivity index (χ0) is 27.8. The SMILES string of the molecule is COc1cccc(CNC(=O)c2cc(-c3nnn(C[C@@H]4CCC[C@@H](NC(=O)COC(C)=O)C4)n3)cc(C)n2)c1. The van der Waals surface area contributed by atoms with Crippen molar-refractivity contribution in [3.63, 3.8) is 0 Å². The normalized spacial score (nSPS) is 16.8. The van der Waals surface area contributed by atoms with Gasteiger partial charge in [-0.1, -0.05) is 18.6 Å². The molecular weight excluding hydrogens is 502 g/mol. The molecule has 3 aromatic rings. The van der Waals surface area contributed by atoms with Gasteiger partial charge in [0.15, 0.2) is 6.61 Å². The van der Waals surface area contributed by atoms with Crippen molar-refractivity contribution in [3.05, 3.63) is 53.3 Å². The van der Waals surface area contributed by atoms with Crippen LogP contribution in [0.2, 0.25) is 0 Å². The van der Waals surface area contributed by atoms with Crippen LogP contribution < -0.4 is 15.4 Å². The number of carbonyl (C=O) groups excluding carboxylic acids is 3. The average Bonchev–Trinajstić information content (AvgIpc) is 3.39. The highest BCUT2D eigenvalue weighted by molar-refractivity contribution is 5.93. The van der Waals surface area contributed by atoms with E-state index < -0.39 is 5.97 Å². The molecule has 1 aromatic carbocycles. The lowest BCUT2D eigenvalue weighted by Gasteiger charge is -2.29. The van der Waals surface area contributed by atoms with Crippen molar-refractivity contribution in [2.45, 2.75) is 58.7 Å². The van der Waals surface area contributed by atoms with E-state index in [-0.39, 0.29) is 36.1 Å². The maximum atomic E-state index is 12.8. The molecule has 0 aliphatic heterocycles. The summed E-state index contributed by atoms with van der Waals surface area (Å²) < 4.78 is 10.0. The number of carbonyl (C=O) groups is 3. The average molecular weight is 536 g/mol. The number of pyridine rings is 1. The first-order valence-electron chi connectivity index (χ1n) is 12.9. The van der Waals surface area contributed by atoms with Crippen LogP contribution >= 0.6 is 0 Å². The number of esters is 1. The number of nitrogens with zero attached hydrogens (tertiary/aromatic N) is 5. The van der Waals surface area contributed by atoms with Crippen molar-refractivity contribution in [1.82, 2.24) is 35.8 Å². The summed E-state index contributed by atoms with van der Waals surface area (Å²) in [6.45, 7) is 3.71. The fraction of sp³-hybridized carbons (Fsp3) is 0.444. The first kappa shape index (κ1) is 27.7. The van der Waals surface area contributed by atoms with Crippen molar-refractivity contribution in [2.24, 2.45) is 5.92 Å². The summed E-state index contributed by atoms with van der Waals surface area (Å²) in [6, 6.07) is 11.0. The van der Waals surface area contributed by atoms with E-state index in [0.717, 1.165) is 37.0 Å². The Balaban J connectivity index is 1.35. The van der Waals surface area contributed by atoms with E-state index in [1.807, 2.05) is 37.3 Å². The number of aromatic nitrogens is 5. The maximum absolute atomic E-state index is 12.8. The number of hydrogen-bond donors (Lipinski definition) is 2. The van der Waals surface area contributed by atoms with Crippen molar-refractivity contribution >= 4 is 17.8 Å². The van der Waals surface area contributed by atoms with E-state index in [9.17, 15) is 14.4 Å². The molecule has 39 heavy (non-hydrogen) atoms. The molecule has 2 N–H and O–H groups in total. The number of amides is 2. The van der Waals surface area contributed by atoms with E-state index in [1.165, 1.54) is 6.92 Å². The predicted molar refractivity (Wildman–Crippen MR) is 140 cm³/mol. The van der Waals surface area contributed by atoms with Crippen molar-refractivity contribution in [3.8, 4) is 17.1 Å². The minimum absolute atomic E-state index is 0.00990. The highest BCUT2D eigenvalue weighted by Crippen LogP contribution is 2.26. The number of methoxy groups -OCH3 is 1. The zero-order valence-corrected chi connectivity index (χ0v) is 22.3. The molecule has 2 amide bonds. The van der Waals surface area contributed by atoms with Crippen LogP contribution in [0.4, 0.5) is 0 Å². The van der Waals surface area contributed by atoms with Gasteiger partial charge >= 0.3 is 5.97 Å². The third kappa shape index (κ3) is 8.06. The number of ether oxygens (including phenoxy) is 2. The van der Waals surface area contributed by atoms with E-state index in [4.69, 9.17) is 9.47 Å². The van der Waals surface area contributed by atoms with Crippen LogP contribution in [0, 0.1) is 12.8 Å². The first-order valence-corrected chi connectivity index (χ1v) is 12.9. The van der Waals surface area contributed by atoms with Crippen LogP contribution in [0.1, 0.15) is 54.4 Å². The quantitative estimate of drug-likeness (QED) is 0.373. The number of aryl methyl sites for hydroxylation is 1. The Morgan fingerprint density at radius 2 is 2.00 bits per heavy atom. The fourth-order valence-corrected chi connectivity index (χ4v) is 4.66. The Morgan fingerprint density at radius 3 is 2.79 bits per heavy atom. The summed E-state index contributed by atoms with van der Waals surface area (Å²) >= 11 is 0. The maximum Gasteiger partial charge on any atom is 0.303 e. The summed E-state index contributed by atoms with van der Waals surface area (Å²) in [7, 11) is 1.60. The van der Waals surface area contributed by atoms with Gasteiger partial charge in [0.2, 0.25) is 5.82 Å². The monoisotopic (exact) mass is 535 g/mol. The standard InChI is InChI=1S/C27H33N7O5/c1-17-10-21(13-24(29-17)27(37)28-14-19-6-5-9-23(12-19)38-3)26-31-33-34(32-26)15-20-7-4-8-22(11-20)30-25(36)16-39-18(2)35/h5-6,9-10,12-13,20,22H,4,7-8,11,14-16H2,1-3H3,(H,28,37)(H,30,36)/t20-,22-/m1/s1. The van der Waals surface area contributed by atoms with Crippen LogP contribution in [0.25, 0.3) is 11.4 Å². The van der Waals surface area contributed by atoms with E-state index in [0.29, 0.717) is 30.2 Å². The van der Waals surface area contributed by atoms with Gasteiger partial charge in [-0.15, -0.1) is 10.2 Å². The fourth-order valence-electron chi connectivity index (χ4n) is 4.66. The zero-order valence-electron chi connectivity index (χ0n) is 22.3. The number of nitrogens with one attached hydrogen (secondary N) is 2. The molecule has 1 aliphatic carbocycles. The number of rotatable bonds is 10. The largest absolute Gasteiger partial charge is 0.497 e. The third-order valence-electron chi connectivity index (χ3n) is 6.46. The lowest BCUT2D eigenvalue weighted by molar-refractivity contribution is -0.146. The molecule has 1 saturated carbocycles. The molecule has 2 heterocycles. The molecule has 206 valence electrons. The Bertz CT molecular complexity index is 1330. The highest BCUT2D eigenvalue weighted by Gasteiger charge is 2.25. The third-order valence-corrected chi connectivity index (χ3v) is 6.46. The second-order valence-corrected chi connectivity index (χ2v) is 9.66. The molecular formula is C27H33N7O5. The second-order valence-electron chi connectivity index (χ2n) is 9.66. The molecule has 0 saturated heterocycles. The minimum Gasteiger partial charge on any atom is -0.497 e. The minimum atomic E-state index is -0.481. The Hall–Kier alpha value is -4.35. The topological polar surface area (TPSA) is 150 Å². The Kier molecular flexibility index (Phi) is 9.18. The molecule has 12 heteroatoms. The summed E-state index contributed by atoms with van der Waals surface area (Å²) in [5.41, 5.74) is 2.49. The van der Waals surface area contributed by atoms with Crippen molar-refractivity contribution < 1.29 is 23.9 Å². The second kappa shape index (κ2) is 12.9. The lowest BCUT2D eigenvalue weighted by Crippen LogP contribution is -2.41. The molecule has 2 aromatic heterocycles. The van der Waals surface area contributed by atoms with Crippen LogP contribution in [-0.2, 0) is 27.4 Å². The van der Waals surface area contributed by atoms with Gasteiger partial charge in [0.05, 0.1) is 13.7 Å². The molecule has 0 unspecified atom stereocenters. The van der Waals surface area contributed by atoms with Gasteiger partial charge in [0.25, 0.3) is 11.8 Å². The van der Waals surface area contributed by atoms with Crippen molar-refractivity contribution in [1.29, 1.82) is 0 Å². The summed E-state index contributed by atoms with van der Waals surface area (Å²) in [5.74, 6) is 0.304. The molecule has 0 radical (unpaired) electrons. The lowest BCUT2D eigenvalue weighted by atomic mass is 9.85. The summed E-state index contributed by atoms with van der Waals surface area (Å²) in [5, 5.41) is 18.8. The van der Waals surface area contributed by atoms with Gasteiger partial charge < -0.3 is 20.1 Å². The molecule has 0 spiro atoms. The van der Waals surface area contributed by atoms with Gasteiger partial charge in [-0.3, -0.25) is 14.4 Å². The number of tetrazole rings is 1. The summed E-state index contributed by atoms with van der Waals surface area (Å²) in [4.78, 5) is 41.7.